The van der Waals surface area contributed by atoms with Gasteiger partial charge in [0.15, 0.2) is 5.16 Å². The van der Waals surface area contributed by atoms with E-state index in [0.29, 0.717) is 10.6 Å². The molecule has 0 radical (unpaired) electrons. The molecule has 0 aliphatic heterocycles. The minimum atomic E-state index is 0.00991. The third kappa shape index (κ3) is 4.24. The van der Waals surface area contributed by atoms with E-state index in [2.05, 4.69) is 4.98 Å². The molecule has 0 spiro atoms. The first-order valence-corrected chi connectivity index (χ1v) is 9.13. The molecule has 0 N–H and O–H groups in total. The molecule has 0 fully saturated rings. The molecule has 3 rings (SSSR count). The van der Waals surface area contributed by atoms with Crippen LogP contribution in [0, 0.1) is 0 Å². The van der Waals surface area contributed by atoms with Crippen LogP contribution in [0.2, 0.25) is 5.02 Å². The van der Waals surface area contributed by atoms with Gasteiger partial charge in [-0.05, 0) is 35.9 Å². The molecule has 0 bridgehead atoms. The van der Waals surface area contributed by atoms with Crippen LogP contribution in [-0.4, -0.2) is 34.5 Å². The van der Waals surface area contributed by atoms with Gasteiger partial charge in [-0.15, -0.1) is 0 Å². The maximum atomic E-state index is 11.9. The number of carbonyl (C=O) groups is 1. The van der Waals surface area contributed by atoms with E-state index in [-0.39, 0.29) is 5.91 Å². The van der Waals surface area contributed by atoms with Gasteiger partial charge in [0.25, 0.3) is 5.91 Å². The molecule has 4 nitrogen and oxygen atoms in total. The van der Waals surface area contributed by atoms with Gasteiger partial charge in [0, 0.05) is 48.5 Å². The molecule has 128 valence electrons. The minimum Gasteiger partial charge on any atom is -0.345 e. The number of carbonyl (C=O) groups excluding carboxylic acids is 1. The van der Waals surface area contributed by atoms with Crippen LogP contribution >= 0.6 is 23.4 Å². The molecule has 0 atom stereocenters. The summed E-state index contributed by atoms with van der Waals surface area (Å²) >= 11 is 7.72. The molecule has 1 heterocycles. The lowest BCUT2D eigenvalue weighted by atomic mass is 10.1. The van der Waals surface area contributed by atoms with Crippen LogP contribution < -0.4 is 0 Å². The molecule has 0 aliphatic carbocycles. The summed E-state index contributed by atoms with van der Waals surface area (Å²) in [5, 5.41) is 1.60. The fourth-order valence-corrected chi connectivity index (χ4v) is 3.48. The van der Waals surface area contributed by atoms with Crippen molar-refractivity contribution in [1.29, 1.82) is 0 Å². The monoisotopic (exact) mass is 371 g/mol. The fraction of sp³-hybridized carbons (Fsp3) is 0.158. The van der Waals surface area contributed by atoms with Gasteiger partial charge in [-0.1, -0.05) is 41.6 Å². The van der Waals surface area contributed by atoms with Gasteiger partial charge >= 0.3 is 0 Å². The lowest BCUT2D eigenvalue weighted by Gasteiger charge is -2.11. The highest BCUT2D eigenvalue weighted by Crippen LogP contribution is 2.25. The summed E-state index contributed by atoms with van der Waals surface area (Å²) in [6, 6.07) is 15.4. The van der Waals surface area contributed by atoms with Crippen molar-refractivity contribution in [2.24, 2.45) is 0 Å². The van der Waals surface area contributed by atoms with E-state index in [9.17, 15) is 4.79 Å². The van der Waals surface area contributed by atoms with E-state index in [0.717, 1.165) is 22.2 Å². The summed E-state index contributed by atoms with van der Waals surface area (Å²) in [5.74, 6) is 0.782. The number of halogens is 1. The van der Waals surface area contributed by atoms with Crippen LogP contribution in [0.25, 0.3) is 5.69 Å². The number of imidazole rings is 1. The average Bonchev–Trinajstić information content (AvgIpc) is 3.08. The summed E-state index contributed by atoms with van der Waals surface area (Å²) in [7, 11) is 3.50. The van der Waals surface area contributed by atoms with E-state index in [1.54, 1.807) is 37.0 Å². The van der Waals surface area contributed by atoms with E-state index in [4.69, 9.17) is 11.6 Å². The Hall–Kier alpha value is -2.24. The van der Waals surface area contributed by atoms with Gasteiger partial charge in [0.2, 0.25) is 0 Å². The van der Waals surface area contributed by atoms with Crippen molar-refractivity contribution in [2.75, 3.05) is 14.1 Å². The third-order valence-corrected chi connectivity index (χ3v) is 4.94. The minimum absolute atomic E-state index is 0.00991. The molecule has 6 heteroatoms. The molecule has 25 heavy (non-hydrogen) atoms. The van der Waals surface area contributed by atoms with E-state index >= 15 is 0 Å². The zero-order valence-electron chi connectivity index (χ0n) is 14.0. The molecule has 2 aromatic carbocycles. The van der Waals surface area contributed by atoms with Crippen molar-refractivity contribution in [3.05, 3.63) is 77.1 Å². The molecular weight excluding hydrogens is 354 g/mol. The SMILES string of the molecule is CN(C)C(=O)c1ccc(CSc2nccn2-c2cccc(Cl)c2)cc1. The normalized spacial score (nSPS) is 10.7. The first kappa shape index (κ1) is 17.6. The second-order valence-electron chi connectivity index (χ2n) is 5.74. The lowest BCUT2D eigenvalue weighted by Crippen LogP contribution is -2.21. The van der Waals surface area contributed by atoms with Gasteiger partial charge in [-0.3, -0.25) is 9.36 Å². The first-order chi connectivity index (χ1) is 12.0. The Morgan fingerprint density at radius 1 is 1.20 bits per heavy atom. The van der Waals surface area contributed by atoms with Crippen LogP contribution in [0.3, 0.4) is 0 Å². The number of amides is 1. The Labute approximate surface area is 156 Å². The highest BCUT2D eigenvalue weighted by atomic mass is 35.5. The van der Waals surface area contributed by atoms with Gasteiger partial charge in [0.1, 0.15) is 0 Å². The van der Waals surface area contributed by atoms with Crippen LogP contribution in [0.15, 0.2) is 66.1 Å². The Morgan fingerprint density at radius 3 is 2.64 bits per heavy atom. The Balaban J connectivity index is 1.71. The molecule has 0 saturated heterocycles. The number of nitrogens with zero attached hydrogens (tertiary/aromatic N) is 3. The van der Waals surface area contributed by atoms with Crippen molar-refractivity contribution < 1.29 is 4.79 Å². The van der Waals surface area contributed by atoms with Crippen LogP contribution in [0.5, 0.6) is 0 Å². The van der Waals surface area contributed by atoms with Crippen LogP contribution in [-0.2, 0) is 5.75 Å². The predicted octanol–water partition coefficient (Wildman–Crippen LogP) is 4.52. The number of aromatic nitrogens is 2. The van der Waals surface area contributed by atoms with Gasteiger partial charge < -0.3 is 4.90 Å². The standard InChI is InChI=1S/C19H18ClN3OS/c1-22(2)18(24)15-8-6-14(7-9-15)13-25-19-21-10-11-23(19)17-5-3-4-16(20)12-17/h3-12H,13H2,1-2H3. The molecule has 1 amide bonds. The smallest absolute Gasteiger partial charge is 0.253 e. The van der Waals surface area contributed by atoms with Crippen molar-refractivity contribution >= 4 is 29.3 Å². The van der Waals surface area contributed by atoms with Crippen LogP contribution in [0.4, 0.5) is 0 Å². The number of hydrogen-bond acceptors (Lipinski definition) is 3. The molecule has 1 aromatic heterocycles. The zero-order chi connectivity index (χ0) is 17.8. The highest BCUT2D eigenvalue weighted by Gasteiger charge is 2.09. The van der Waals surface area contributed by atoms with E-state index < -0.39 is 0 Å². The number of thioether (sulfide) groups is 1. The van der Waals surface area contributed by atoms with E-state index in [1.165, 1.54) is 0 Å². The van der Waals surface area contributed by atoms with Gasteiger partial charge in [-0.25, -0.2) is 4.98 Å². The first-order valence-electron chi connectivity index (χ1n) is 7.77. The molecule has 0 aliphatic rings. The molecule has 0 saturated carbocycles. The summed E-state index contributed by atoms with van der Waals surface area (Å²) in [4.78, 5) is 17.9. The molecular formula is C19H18ClN3OS. The number of benzene rings is 2. The summed E-state index contributed by atoms with van der Waals surface area (Å²) in [5.41, 5.74) is 2.82. The summed E-state index contributed by atoms with van der Waals surface area (Å²) in [6.45, 7) is 0. The van der Waals surface area contributed by atoms with Crippen molar-refractivity contribution in [1.82, 2.24) is 14.5 Å². The average molecular weight is 372 g/mol. The topological polar surface area (TPSA) is 38.1 Å². The second kappa shape index (κ2) is 7.76. The Bertz CT molecular complexity index is 874. The highest BCUT2D eigenvalue weighted by molar-refractivity contribution is 7.98. The quantitative estimate of drug-likeness (QED) is 0.619. The Morgan fingerprint density at radius 2 is 1.96 bits per heavy atom. The van der Waals surface area contributed by atoms with Crippen molar-refractivity contribution in [3.8, 4) is 5.69 Å². The largest absolute Gasteiger partial charge is 0.345 e. The fourth-order valence-electron chi connectivity index (χ4n) is 2.37. The Kier molecular flexibility index (Phi) is 5.46. The summed E-state index contributed by atoms with van der Waals surface area (Å²) < 4.78 is 2.01. The third-order valence-electron chi connectivity index (χ3n) is 3.67. The maximum Gasteiger partial charge on any atom is 0.253 e. The van der Waals surface area contributed by atoms with Crippen molar-refractivity contribution in [3.63, 3.8) is 0 Å². The van der Waals surface area contributed by atoms with Crippen molar-refractivity contribution in [2.45, 2.75) is 10.9 Å². The molecule has 0 unspecified atom stereocenters. The molecule has 3 aromatic rings. The number of rotatable bonds is 5. The zero-order valence-corrected chi connectivity index (χ0v) is 15.6. The lowest BCUT2D eigenvalue weighted by molar-refractivity contribution is 0.0827. The predicted molar refractivity (Wildman–Crippen MR) is 103 cm³/mol. The maximum absolute atomic E-state index is 11.9. The van der Waals surface area contributed by atoms with E-state index in [1.807, 2.05) is 59.3 Å². The number of hydrogen-bond donors (Lipinski definition) is 0. The second-order valence-corrected chi connectivity index (χ2v) is 7.12. The van der Waals surface area contributed by atoms with Gasteiger partial charge in [0.05, 0.1) is 0 Å². The summed E-state index contributed by atoms with van der Waals surface area (Å²) in [6.07, 6.45) is 3.70. The van der Waals surface area contributed by atoms with Gasteiger partial charge in [-0.2, -0.15) is 0 Å². The van der Waals surface area contributed by atoms with Crippen LogP contribution in [0.1, 0.15) is 15.9 Å².